The molecule has 1 aromatic carbocycles. The fourth-order valence-corrected chi connectivity index (χ4v) is 5.45. The van der Waals surface area contributed by atoms with E-state index in [1.807, 2.05) is 19.1 Å². The molecule has 9 heteroatoms. The lowest BCUT2D eigenvalue weighted by atomic mass is 10.2. The molecule has 5 rings (SSSR count). The Morgan fingerprint density at radius 1 is 1.22 bits per heavy atom. The van der Waals surface area contributed by atoms with Crippen LogP contribution in [-0.2, 0) is 16.0 Å². The van der Waals surface area contributed by atoms with Gasteiger partial charge in [0, 0.05) is 41.8 Å². The molecule has 0 spiro atoms. The minimum Gasteiger partial charge on any atom is -0.378 e. The van der Waals surface area contributed by atoms with Crippen LogP contribution in [0.5, 0.6) is 0 Å². The first kappa shape index (κ1) is 21.5. The number of aromatic nitrogens is 3. The highest BCUT2D eigenvalue weighted by atomic mass is 32.2. The summed E-state index contributed by atoms with van der Waals surface area (Å²) in [6, 6.07) is 12.7. The number of rotatable bonds is 8. The van der Waals surface area contributed by atoms with Crippen LogP contribution in [0.2, 0.25) is 0 Å². The van der Waals surface area contributed by atoms with Crippen molar-refractivity contribution in [3.63, 3.8) is 0 Å². The van der Waals surface area contributed by atoms with Crippen LogP contribution in [0.4, 0.5) is 11.4 Å². The van der Waals surface area contributed by atoms with Gasteiger partial charge in [-0.2, -0.15) is 0 Å². The number of nitrogens with one attached hydrogen (secondary N) is 1. The Labute approximate surface area is 196 Å². The molecule has 1 N–H and O–H groups in total. The number of thiophene rings is 1. The summed E-state index contributed by atoms with van der Waals surface area (Å²) in [5.74, 6) is 0.961. The van der Waals surface area contributed by atoms with E-state index in [4.69, 9.17) is 4.74 Å². The van der Waals surface area contributed by atoms with Crippen molar-refractivity contribution in [1.29, 1.82) is 0 Å². The van der Waals surface area contributed by atoms with Crippen LogP contribution < -0.4 is 10.2 Å². The maximum absolute atomic E-state index is 12.8. The highest BCUT2D eigenvalue weighted by molar-refractivity contribution is 8.00. The van der Waals surface area contributed by atoms with Crippen molar-refractivity contribution >= 4 is 40.4 Å². The number of ether oxygens (including phenoxy) is 1. The van der Waals surface area contributed by atoms with Crippen molar-refractivity contribution in [2.24, 2.45) is 0 Å². The Morgan fingerprint density at radius 2 is 2.00 bits per heavy atom. The lowest BCUT2D eigenvalue weighted by Crippen LogP contribution is -2.36. The van der Waals surface area contributed by atoms with Crippen molar-refractivity contribution in [2.45, 2.75) is 42.6 Å². The largest absolute Gasteiger partial charge is 0.378 e. The first-order valence-electron chi connectivity index (χ1n) is 11.0. The topological polar surface area (TPSA) is 72.3 Å². The van der Waals surface area contributed by atoms with Crippen molar-refractivity contribution in [3.8, 4) is 0 Å². The second-order valence-corrected chi connectivity index (χ2v) is 10.5. The maximum Gasteiger partial charge on any atom is 0.237 e. The number of anilines is 2. The zero-order valence-electron chi connectivity index (χ0n) is 18.1. The maximum atomic E-state index is 12.8. The van der Waals surface area contributed by atoms with Gasteiger partial charge < -0.3 is 19.5 Å². The van der Waals surface area contributed by atoms with Gasteiger partial charge in [0.15, 0.2) is 5.16 Å². The molecule has 1 unspecified atom stereocenters. The number of thioether (sulfide) groups is 1. The molecule has 1 atom stereocenters. The summed E-state index contributed by atoms with van der Waals surface area (Å²) in [5.41, 5.74) is 1.96. The van der Waals surface area contributed by atoms with Crippen molar-refractivity contribution in [3.05, 3.63) is 52.5 Å². The van der Waals surface area contributed by atoms with Crippen LogP contribution in [-0.4, -0.2) is 52.2 Å². The van der Waals surface area contributed by atoms with Gasteiger partial charge in [-0.15, -0.1) is 21.5 Å². The van der Waals surface area contributed by atoms with Gasteiger partial charge in [-0.3, -0.25) is 4.79 Å². The molecule has 1 saturated carbocycles. The molecular formula is C23H27N5O2S2. The average molecular weight is 470 g/mol. The van der Waals surface area contributed by atoms with Gasteiger partial charge in [-0.1, -0.05) is 17.8 Å². The molecule has 32 heavy (non-hydrogen) atoms. The molecule has 1 saturated heterocycles. The molecule has 0 radical (unpaired) electrons. The minimum absolute atomic E-state index is 0.0284. The third-order valence-corrected chi connectivity index (χ3v) is 7.66. The number of benzene rings is 1. The van der Waals surface area contributed by atoms with Gasteiger partial charge in [-0.05, 0) is 55.5 Å². The summed E-state index contributed by atoms with van der Waals surface area (Å²) in [6.45, 7) is 5.24. The lowest BCUT2D eigenvalue weighted by molar-refractivity contribution is -0.115. The average Bonchev–Trinajstić information content (AvgIpc) is 3.38. The Balaban J connectivity index is 1.22. The molecule has 3 aromatic rings. The smallest absolute Gasteiger partial charge is 0.237 e. The Kier molecular flexibility index (Phi) is 6.47. The highest BCUT2D eigenvalue weighted by Gasteiger charge is 2.31. The van der Waals surface area contributed by atoms with Crippen LogP contribution in [0.15, 0.2) is 46.9 Å². The first-order chi connectivity index (χ1) is 15.7. The third kappa shape index (κ3) is 5.00. The Hall–Kier alpha value is -2.36. The van der Waals surface area contributed by atoms with Gasteiger partial charge in [0.2, 0.25) is 5.91 Å². The van der Waals surface area contributed by atoms with E-state index in [0.29, 0.717) is 6.04 Å². The summed E-state index contributed by atoms with van der Waals surface area (Å²) in [6.07, 6.45) is 3.09. The fraction of sp³-hybridized carbons (Fsp3) is 0.435. The molecule has 2 aromatic heterocycles. The first-order valence-corrected chi connectivity index (χ1v) is 12.8. The molecule has 1 amide bonds. The molecule has 0 bridgehead atoms. The van der Waals surface area contributed by atoms with Crippen molar-refractivity contribution < 1.29 is 9.53 Å². The number of nitrogens with zero attached hydrogens (tertiary/aromatic N) is 4. The Morgan fingerprint density at radius 3 is 2.69 bits per heavy atom. The molecule has 7 nitrogen and oxygen atoms in total. The van der Waals surface area contributed by atoms with Crippen molar-refractivity contribution in [1.82, 2.24) is 14.8 Å². The number of carbonyl (C=O) groups excluding carboxylic acids is 1. The van der Waals surface area contributed by atoms with Crippen LogP contribution in [0.25, 0.3) is 0 Å². The lowest BCUT2D eigenvalue weighted by Gasteiger charge is -2.28. The predicted molar refractivity (Wildman–Crippen MR) is 129 cm³/mol. The molecule has 2 aliphatic rings. The van der Waals surface area contributed by atoms with E-state index in [0.717, 1.165) is 67.9 Å². The molecular weight excluding hydrogens is 442 g/mol. The van der Waals surface area contributed by atoms with E-state index in [1.165, 1.54) is 16.6 Å². The van der Waals surface area contributed by atoms with Gasteiger partial charge in [0.1, 0.15) is 5.82 Å². The van der Waals surface area contributed by atoms with Gasteiger partial charge in [-0.25, -0.2) is 0 Å². The summed E-state index contributed by atoms with van der Waals surface area (Å²) >= 11 is 3.22. The van der Waals surface area contributed by atoms with Gasteiger partial charge in [0.25, 0.3) is 0 Å². The third-order valence-electron chi connectivity index (χ3n) is 5.72. The van der Waals surface area contributed by atoms with E-state index < -0.39 is 0 Å². The Bertz CT molecular complexity index is 1040. The number of hydrogen-bond donors (Lipinski definition) is 1. The highest BCUT2D eigenvalue weighted by Crippen LogP contribution is 2.40. The summed E-state index contributed by atoms with van der Waals surface area (Å²) in [7, 11) is 0. The molecule has 1 aliphatic heterocycles. The molecule has 168 valence electrons. The number of carbonyl (C=O) groups is 1. The summed E-state index contributed by atoms with van der Waals surface area (Å²) < 4.78 is 7.66. The zero-order valence-corrected chi connectivity index (χ0v) is 19.7. The quantitative estimate of drug-likeness (QED) is 0.498. The van der Waals surface area contributed by atoms with Crippen molar-refractivity contribution in [2.75, 3.05) is 36.5 Å². The molecule has 1 aliphatic carbocycles. The van der Waals surface area contributed by atoms with Crippen LogP contribution in [0.3, 0.4) is 0 Å². The number of hydrogen-bond acceptors (Lipinski definition) is 7. The van der Waals surface area contributed by atoms with Crippen LogP contribution >= 0.6 is 23.1 Å². The van der Waals surface area contributed by atoms with Gasteiger partial charge in [0.05, 0.1) is 18.5 Å². The van der Waals surface area contributed by atoms with Crippen LogP contribution in [0, 0.1) is 0 Å². The van der Waals surface area contributed by atoms with Crippen LogP contribution in [0.1, 0.15) is 36.5 Å². The van der Waals surface area contributed by atoms with E-state index in [1.54, 1.807) is 11.3 Å². The second kappa shape index (κ2) is 9.64. The summed E-state index contributed by atoms with van der Waals surface area (Å²) in [5, 5.41) is 14.6. The fourth-order valence-electron chi connectivity index (χ4n) is 3.81. The minimum atomic E-state index is -0.273. The standard InChI is InChI=1S/C23H27N5O2S2/c1-16(22(29)24-17-4-6-18(7-5-17)27-10-12-30-13-11-27)32-23-26-25-21(28(23)19-8-9-19)15-20-3-2-14-31-20/h2-7,14,16,19H,8-13,15H2,1H3,(H,24,29). The second-order valence-electron chi connectivity index (χ2n) is 8.15. The predicted octanol–water partition coefficient (Wildman–Crippen LogP) is 4.22. The normalized spacial score (nSPS) is 17.3. The SMILES string of the molecule is CC(Sc1nnc(Cc2cccs2)n1C1CC1)C(=O)Nc1ccc(N2CCOCC2)cc1. The van der Waals surface area contributed by atoms with E-state index in [9.17, 15) is 4.79 Å². The summed E-state index contributed by atoms with van der Waals surface area (Å²) in [4.78, 5) is 16.4. The van der Waals surface area contributed by atoms with E-state index in [2.05, 4.69) is 54.6 Å². The number of morpholine rings is 1. The molecule has 3 heterocycles. The van der Waals surface area contributed by atoms with E-state index >= 15 is 0 Å². The molecule has 2 fully saturated rings. The zero-order chi connectivity index (χ0) is 21.9. The van der Waals surface area contributed by atoms with E-state index in [-0.39, 0.29) is 11.2 Å². The monoisotopic (exact) mass is 469 g/mol. The number of amides is 1. The van der Waals surface area contributed by atoms with Gasteiger partial charge >= 0.3 is 0 Å².